The highest BCUT2D eigenvalue weighted by molar-refractivity contribution is 5.80. The molecule has 1 aromatic rings. The van der Waals surface area contributed by atoms with Gasteiger partial charge in [-0.05, 0) is 19.4 Å². The minimum atomic E-state index is -0.771. The van der Waals surface area contributed by atoms with E-state index in [9.17, 15) is 14.9 Å². The first-order chi connectivity index (χ1) is 15.1. The summed E-state index contributed by atoms with van der Waals surface area (Å²) >= 11 is 0. The lowest BCUT2D eigenvalue weighted by atomic mass is 10.0. The smallest absolute Gasteiger partial charge is 0.310 e. The Morgan fingerprint density at radius 3 is 1.90 bits per heavy atom. The van der Waals surface area contributed by atoms with E-state index in [0.29, 0.717) is 6.54 Å². The first-order valence-electron chi connectivity index (χ1n) is 12.2. The lowest BCUT2D eigenvalue weighted by molar-refractivity contribution is -0.386. The zero-order valence-electron chi connectivity index (χ0n) is 19.6. The van der Waals surface area contributed by atoms with Crippen molar-refractivity contribution in [2.24, 2.45) is 0 Å². The van der Waals surface area contributed by atoms with E-state index in [4.69, 9.17) is 4.74 Å². The third-order valence-corrected chi connectivity index (χ3v) is 5.56. The number of amides is 1. The summed E-state index contributed by atoms with van der Waals surface area (Å²) in [5, 5.41) is 13.9. The number of carbonyl (C=O) groups excluding carboxylic acids is 1. The van der Waals surface area contributed by atoms with Crippen molar-refractivity contribution in [1.29, 1.82) is 0 Å². The molecule has 0 saturated carbocycles. The average Bonchev–Trinajstić information content (AvgIpc) is 2.76. The minimum Gasteiger partial charge on any atom is -0.474 e. The maximum atomic E-state index is 12.2. The highest BCUT2D eigenvalue weighted by Gasteiger charge is 2.20. The molecular weight excluding hydrogens is 392 g/mol. The molecule has 1 aromatic carbocycles. The first kappa shape index (κ1) is 26.9. The summed E-state index contributed by atoms with van der Waals surface area (Å²) in [6.07, 6.45) is 17.4. The summed E-state index contributed by atoms with van der Waals surface area (Å²) in [6.45, 7) is 4.48. The van der Waals surface area contributed by atoms with Crippen molar-refractivity contribution in [3.05, 3.63) is 34.4 Å². The van der Waals surface area contributed by atoms with Crippen molar-refractivity contribution in [3.8, 4) is 5.75 Å². The van der Waals surface area contributed by atoms with Gasteiger partial charge in [-0.3, -0.25) is 14.9 Å². The van der Waals surface area contributed by atoms with E-state index in [2.05, 4.69) is 12.2 Å². The van der Waals surface area contributed by atoms with Crippen LogP contribution in [0.3, 0.4) is 0 Å². The molecule has 1 N–H and O–H groups in total. The van der Waals surface area contributed by atoms with Crippen LogP contribution in [0.1, 0.15) is 104 Å². The van der Waals surface area contributed by atoms with Crippen LogP contribution in [-0.2, 0) is 4.79 Å². The molecule has 1 rings (SSSR count). The second-order valence-electron chi connectivity index (χ2n) is 8.37. The van der Waals surface area contributed by atoms with Gasteiger partial charge >= 0.3 is 5.69 Å². The SMILES string of the molecule is CCCCCCCCCCCCCCCCNC(=O)C(C)Oc1ccccc1[N+](=O)[O-]. The van der Waals surface area contributed by atoms with Crippen LogP contribution < -0.4 is 10.1 Å². The van der Waals surface area contributed by atoms with Gasteiger partial charge in [-0.2, -0.15) is 0 Å². The Bertz CT molecular complexity index is 621. The van der Waals surface area contributed by atoms with Gasteiger partial charge in [0.2, 0.25) is 0 Å². The van der Waals surface area contributed by atoms with Crippen LogP contribution in [0.4, 0.5) is 5.69 Å². The van der Waals surface area contributed by atoms with E-state index in [1.54, 1.807) is 19.1 Å². The third kappa shape index (κ3) is 13.0. The van der Waals surface area contributed by atoms with Crippen molar-refractivity contribution < 1.29 is 14.5 Å². The Morgan fingerprint density at radius 1 is 0.903 bits per heavy atom. The Hall–Kier alpha value is -2.11. The van der Waals surface area contributed by atoms with Crippen LogP contribution in [0.2, 0.25) is 0 Å². The summed E-state index contributed by atoms with van der Waals surface area (Å²) in [6, 6.07) is 6.11. The molecule has 1 amide bonds. The van der Waals surface area contributed by atoms with Crippen molar-refractivity contribution in [3.63, 3.8) is 0 Å². The standard InChI is InChI=1S/C25H42N2O4/c1-3-4-5-6-7-8-9-10-11-12-13-14-15-18-21-26-25(28)22(2)31-24-20-17-16-19-23(24)27(29)30/h16-17,19-20,22H,3-15,18,21H2,1-2H3,(H,26,28). The molecule has 0 aliphatic carbocycles. The minimum absolute atomic E-state index is 0.117. The molecule has 0 heterocycles. The molecule has 6 nitrogen and oxygen atoms in total. The normalized spacial score (nSPS) is 11.8. The molecule has 0 aliphatic heterocycles. The summed E-state index contributed by atoms with van der Waals surface area (Å²) in [5.74, 6) is -0.125. The monoisotopic (exact) mass is 434 g/mol. The third-order valence-electron chi connectivity index (χ3n) is 5.56. The number of benzene rings is 1. The Labute approximate surface area is 188 Å². The van der Waals surface area contributed by atoms with Gasteiger partial charge in [0.05, 0.1) is 4.92 Å². The molecule has 176 valence electrons. The summed E-state index contributed by atoms with van der Waals surface area (Å²) in [5.41, 5.74) is -0.130. The molecule has 1 unspecified atom stereocenters. The predicted molar refractivity (Wildman–Crippen MR) is 127 cm³/mol. The van der Waals surface area contributed by atoms with Gasteiger partial charge in [-0.25, -0.2) is 0 Å². The Balaban J connectivity index is 1.98. The largest absolute Gasteiger partial charge is 0.474 e. The summed E-state index contributed by atoms with van der Waals surface area (Å²) < 4.78 is 5.49. The number of rotatable bonds is 19. The number of nitrogens with one attached hydrogen (secondary N) is 1. The fourth-order valence-corrected chi connectivity index (χ4v) is 3.63. The fraction of sp³-hybridized carbons (Fsp3) is 0.720. The van der Waals surface area contributed by atoms with Gasteiger partial charge in [0, 0.05) is 12.6 Å². The molecule has 0 fully saturated rings. The van der Waals surface area contributed by atoms with Gasteiger partial charge < -0.3 is 10.1 Å². The average molecular weight is 435 g/mol. The molecule has 6 heteroatoms. The van der Waals surface area contributed by atoms with Gasteiger partial charge in [0.15, 0.2) is 11.9 Å². The van der Waals surface area contributed by atoms with Crippen LogP contribution in [-0.4, -0.2) is 23.5 Å². The van der Waals surface area contributed by atoms with Crippen LogP contribution in [0.5, 0.6) is 5.75 Å². The lowest BCUT2D eigenvalue weighted by Gasteiger charge is -2.14. The van der Waals surface area contributed by atoms with E-state index >= 15 is 0 Å². The van der Waals surface area contributed by atoms with Crippen molar-refractivity contribution >= 4 is 11.6 Å². The van der Waals surface area contributed by atoms with Crippen molar-refractivity contribution in [1.82, 2.24) is 5.32 Å². The molecule has 1 atom stereocenters. The quantitative estimate of drug-likeness (QED) is 0.145. The second-order valence-corrected chi connectivity index (χ2v) is 8.37. The van der Waals surface area contributed by atoms with Crippen molar-refractivity contribution in [2.75, 3.05) is 6.54 Å². The molecule has 0 bridgehead atoms. The van der Waals surface area contributed by atoms with E-state index in [0.717, 1.165) is 12.8 Å². The van der Waals surface area contributed by atoms with E-state index in [1.807, 2.05) is 0 Å². The molecule has 31 heavy (non-hydrogen) atoms. The number of carbonyl (C=O) groups is 1. The summed E-state index contributed by atoms with van der Waals surface area (Å²) in [4.78, 5) is 22.7. The maximum Gasteiger partial charge on any atom is 0.310 e. The van der Waals surface area contributed by atoms with Gasteiger partial charge in [-0.1, -0.05) is 103 Å². The summed E-state index contributed by atoms with van der Waals surface area (Å²) in [7, 11) is 0. The Morgan fingerprint density at radius 2 is 1.39 bits per heavy atom. The predicted octanol–water partition coefficient (Wildman–Crippen LogP) is 6.96. The fourth-order valence-electron chi connectivity index (χ4n) is 3.63. The van der Waals surface area contributed by atoms with E-state index < -0.39 is 11.0 Å². The second kappa shape index (κ2) is 17.6. The number of nitro benzene ring substituents is 1. The number of unbranched alkanes of at least 4 members (excludes halogenated alkanes) is 13. The maximum absolute atomic E-state index is 12.2. The number of ether oxygens (including phenoxy) is 1. The van der Waals surface area contributed by atoms with Gasteiger partial charge in [0.1, 0.15) is 0 Å². The molecule has 0 saturated heterocycles. The number of nitro groups is 1. The van der Waals surface area contributed by atoms with Crippen LogP contribution in [0, 0.1) is 10.1 Å². The zero-order valence-corrected chi connectivity index (χ0v) is 19.6. The van der Waals surface area contributed by atoms with E-state index in [1.165, 1.54) is 89.2 Å². The number of para-hydroxylation sites is 2. The molecule has 0 aromatic heterocycles. The molecule has 0 radical (unpaired) electrons. The zero-order chi connectivity index (χ0) is 22.7. The Kier molecular flexibility index (Phi) is 15.3. The number of hydrogen-bond donors (Lipinski definition) is 1. The molecule has 0 spiro atoms. The van der Waals surface area contributed by atoms with Crippen LogP contribution >= 0.6 is 0 Å². The topological polar surface area (TPSA) is 81.5 Å². The van der Waals surface area contributed by atoms with E-state index in [-0.39, 0.29) is 17.3 Å². The lowest BCUT2D eigenvalue weighted by Crippen LogP contribution is -2.36. The van der Waals surface area contributed by atoms with Crippen molar-refractivity contribution in [2.45, 2.75) is 110 Å². The number of hydrogen-bond acceptors (Lipinski definition) is 4. The molecular formula is C25H42N2O4. The van der Waals surface area contributed by atoms with Crippen LogP contribution in [0.25, 0.3) is 0 Å². The van der Waals surface area contributed by atoms with Gasteiger partial charge in [0.25, 0.3) is 5.91 Å². The van der Waals surface area contributed by atoms with Crippen LogP contribution in [0.15, 0.2) is 24.3 Å². The number of nitrogens with zero attached hydrogens (tertiary/aromatic N) is 1. The first-order valence-corrected chi connectivity index (χ1v) is 12.2. The van der Waals surface area contributed by atoms with Gasteiger partial charge in [-0.15, -0.1) is 0 Å². The molecule has 0 aliphatic rings. The highest BCUT2D eigenvalue weighted by Crippen LogP contribution is 2.26. The highest BCUT2D eigenvalue weighted by atomic mass is 16.6.